The van der Waals surface area contributed by atoms with Crippen LogP contribution in [0.15, 0.2) is 115 Å². The number of amidine groups is 2. The highest BCUT2D eigenvalue weighted by molar-refractivity contribution is 9.10. The highest BCUT2D eigenvalue weighted by atomic mass is 79.9. The summed E-state index contributed by atoms with van der Waals surface area (Å²) in [5.41, 5.74) is 7.19. The van der Waals surface area contributed by atoms with Crippen LogP contribution in [0, 0.1) is 0 Å². The Bertz CT molecular complexity index is 2700. The molecule has 0 radical (unpaired) electrons. The van der Waals surface area contributed by atoms with Gasteiger partial charge in [0.2, 0.25) is 6.08 Å². The van der Waals surface area contributed by atoms with Crippen molar-refractivity contribution in [3.8, 4) is 0 Å². The maximum atomic E-state index is 9.25. The lowest BCUT2D eigenvalue weighted by Gasteiger charge is -2.32. The van der Waals surface area contributed by atoms with Crippen molar-refractivity contribution in [3.63, 3.8) is 0 Å². The number of hydrogen-bond acceptors (Lipinski definition) is 15. The van der Waals surface area contributed by atoms with Crippen LogP contribution in [0.1, 0.15) is 119 Å². The molecule has 3 fully saturated rings. The number of rotatable bonds is 7. The summed E-state index contributed by atoms with van der Waals surface area (Å²) >= 11 is 9.98. The Morgan fingerprint density at radius 2 is 0.938 bits per heavy atom. The van der Waals surface area contributed by atoms with Crippen molar-refractivity contribution in [2.45, 2.75) is 136 Å². The van der Waals surface area contributed by atoms with Gasteiger partial charge in [-0.1, -0.05) is 115 Å². The molecule has 21 heteroatoms. The number of hydrogen-bond donors (Lipinski definition) is 1. The average Bonchev–Trinajstić information content (AvgIpc) is 4.41. The number of aliphatic imine (C=N–C) groups is 3. The summed E-state index contributed by atoms with van der Waals surface area (Å²) in [6.45, 7) is 33.9. The molecule has 8 aliphatic heterocycles. The van der Waals surface area contributed by atoms with E-state index in [4.69, 9.17) is 37.4 Å². The average molecular weight is 1300 g/mol. The van der Waals surface area contributed by atoms with E-state index in [1.165, 1.54) is 39.5 Å². The van der Waals surface area contributed by atoms with Crippen LogP contribution in [-0.2, 0) is 42.2 Å². The number of benzene rings is 3. The van der Waals surface area contributed by atoms with E-state index in [-0.39, 0.29) is 40.7 Å². The third-order valence-electron chi connectivity index (χ3n) is 16.4. The van der Waals surface area contributed by atoms with Crippen molar-refractivity contribution >= 4 is 109 Å². The maximum absolute atomic E-state index is 9.25. The molecule has 15 nitrogen and oxygen atoms in total. The fourth-order valence-corrected chi connectivity index (χ4v) is 10.1. The Labute approximate surface area is 508 Å². The van der Waals surface area contributed by atoms with Gasteiger partial charge >= 0.3 is 21.1 Å². The SMILES string of the molecule is Brc1ccc(C2=CCN(C3=NCCO3)CC2)cc1.Brc1ccc(C2=CCNCC2)cc1.CC1(C)OB(B2OC(C)(C)C(C)(C)O2)OC1(C)C.CC1(C)OB(c2ccc(C3=CCN(C4=NCCO4)CC3)cc2)OC1(C)C.O=C=NCCBr. The molecule has 0 spiro atoms. The third-order valence-corrected chi connectivity index (χ3v) is 17.8. The molecule has 436 valence electrons. The van der Waals surface area contributed by atoms with Crippen LogP contribution in [-0.4, -0.2) is 160 Å². The van der Waals surface area contributed by atoms with Crippen LogP contribution in [0.3, 0.4) is 0 Å². The van der Waals surface area contributed by atoms with Gasteiger partial charge in [0.05, 0.1) is 53.2 Å². The van der Waals surface area contributed by atoms with E-state index in [0.29, 0.717) is 13.2 Å². The fraction of sp³-hybridized carbons (Fsp3) is 0.550. The van der Waals surface area contributed by atoms with Crippen molar-refractivity contribution in [1.82, 2.24) is 15.1 Å². The number of nitrogens with zero attached hydrogens (tertiary/aromatic N) is 5. The van der Waals surface area contributed by atoms with Gasteiger partial charge in [0.1, 0.15) is 13.2 Å². The molecule has 0 amide bonds. The lowest BCUT2D eigenvalue weighted by molar-refractivity contribution is 0.00578. The van der Waals surface area contributed by atoms with E-state index in [1.54, 1.807) is 0 Å². The second-order valence-electron chi connectivity index (χ2n) is 23.7. The smallest absolute Gasteiger partial charge is 0.463 e. The highest BCUT2D eigenvalue weighted by Crippen LogP contribution is 2.43. The molecule has 0 bridgehead atoms. The van der Waals surface area contributed by atoms with Gasteiger partial charge in [0.15, 0.2) is 0 Å². The van der Waals surface area contributed by atoms with Gasteiger partial charge in [-0.25, -0.2) is 19.8 Å². The second kappa shape index (κ2) is 28.4. The van der Waals surface area contributed by atoms with E-state index >= 15 is 0 Å². The van der Waals surface area contributed by atoms with Crippen LogP contribution in [0.4, 0.5) is 0 Å². The Hall–Kier alpha value is -3.85. The van der Waals surface area contributed by atoms with Crippen LogP contribution >= 0.6 is 47.8 Å². The summed E-state index contributed by atoms with van der Waals surface area (Å²) in [6, 6.07) is 27.2. The van der Waals surface area contributed by atoms with Crippen LogP contribution in [0.2, 0.25) is 0 Å². The Morgan fingerprint density at radius 3 is 1.25 bits per heavy atom. The molecule has 0 unspecified atom stereocenters. The zero-order valence-electron chi connectivity index (χ0n) is 49.5. The first-order valence-electron chi connectivity index (χ1n) is 28.3. The second-order valence-corrected chi connectivity index (χ2v) is 26.3. The number of halogens is 3. The van der Waals surface area contributed by atoms with Crippen LogP contribution in [0.25, 0.3) is 16.7 Å². The van der Waals surface area contributed by atoms with Crippen LogP contribution < -0.4 is 10.8 Å². The fourth-order valence-electron chi connectivity index (χ4n) is 9.37. The van der Waals surface area contributed by atoms with Crippen LogP contribution in [0.5, 0.6) is 0 Å². The lowest BCUT2D eigenvalue weighted by Crippen LogP contribution is -2.41. The standard InChI is InChI=1S/C20H27BN2O3.C14H15BrN2O.C12H24B2O4.C11H12BrN.C3H4BrNO/c1-19(2)20(3,4)26-21(25-19)17-7-5-15(6-8-17)16-9-12-23(13-10-16)18-22-11-14-24-18;15-13-3-1-11(2-4-13)12-5-8-17(9-6-12)14-16-7-10-18-14;1-9(2)10(3,4)16-13(15-9)14-17-11(5,6)12(7,8)18-14;12-11-3-1-9(2-4-11)10-5-7-13-8-6-10;4-1-2-5-3-6/h5-9H,10-14H2,1-4H3;1-5H,6-10H2;1-8H3;1-5,13H,6-8H2;1-2H2. The summed E-state index contributed by atoms with van der Waals surface area (Å²) in [4.78, 5) is 25.6. The number of carbonyl (C=O) groups excluding carboxylic acids is 1. The first kappa shape index (κ1) is 64.7. The Kier molecular flexibility index (Phi) is 22.7. The third kappa shape index (κ3) is 17.2. The predicted molar refractivity (Wildman–Crippen MR) is 340 cm³/mol. The van der Waals surface area contributed by atoms with E-state index < -0.39 is 14.0 Å². The van der Waals surface area contributed by atoms with E-state index in [0.717, 1.165) is 110 Å². The van der Waals surface area contributed by atoms with Gasteiger partial charge in [-0.15, -0.1) is 0 Å². The zero-order valence-corrected chi connectivity index (χ0v) is 54.3. The molecule has 3 aromatic rings. The molecule has 3 saturated heterocycles. The molecule has 1 N–H and O–H groups in total. The first-order chi connectivity index (χ1) is 38.3. The minimum absolute atomic E-state index is 0.303. The molecule has 0 saturated carbocycles. The maximum Gasteiger partial charge on any atom is 0.494 e. The summed E-state index contributed by atoms with van der Waals surface area (Å²) in [6.07, 6.45) is 11.4. The van der Waals surface area contributed by atoms with Crippen molar-refractivity contribution in [1.29, 1.82) is 0 Å². The largest absolute Gasteiger partial charge is 0.494 e. The molecule has 0 atom stereocenters. The number of alkyl halides is 1. The van der Waals surface area contributed by atoms with Crippen molar-refractivity contribution in [3.05, 3.63) is 117 Å². The first-order valence-corrected chi connectivity index (χ1v) is 31.0. The highest BCUT2D eigenvalue weighted by Gasteiger charge is 2.64. The quantitative estimate of drug-likeness (QED) is 0.104. The predicted octanol–water partition coefficient (Wildman–Crippen LogP) is 11.2. The van der Waals surface area contributed by atoms with Gasteiger partial charge in [0, 0.05) is 47.0 Å². The molecule has 8 aliphatic rings. The monoisotopic (exact) mass is 1300 g/mol. The molecule has 0 aliphatic carbocycles. The zero-order chi connectivity index (χ0) is 58.6. The molecular weight excluding hydrogens is 1220 g/mol. The topological polar surface area (TPSA) is 146 Å². The van der Waals surface area contributed by atoms with E-state index in [9.17, 15) is 4.79 Å². The number of ether oxygens (including phenoxy) is 2. The molecule has 11 rings (SSSR count). The van der Waals surface area contributed by atoms with E-state index in [1.807, 2.05) is 55.4 Å². The Balaban J connectivity index is 0.000000154. The lowest BCUT2D eigenvalue weighted by atomic mass is 9.49. The summed E-state index contributed by atoms with van der Waals surface area (Å²) in [7, 11) is -1.26. The molecule has 81 heavy (non-hydrogen) atoms. The van der Waals surface area contributed by atoms with E-state index in [2.05, 4.69) is 197 Å². The molecular formula is C60H82B3Br3N6O9. The number of isocyanates is 1. The van der Waals surface area contributed by atoms with Gasteiger partial charge in [0.25, 0.3) is 12.0 Å². The minimum Gasteiger partial charge on any atom is -0.463 e. The van der Waals surface area contributed by atoms with Crippen molar-refractivity contribution in [2.24, 2.45) is 15.0 Å². The van der Waals surface area contributed by atoms with Gasteiger partial charge in [-0.2, -0.15) is 0 Å². The normalized spacial score (nSPS) is 22.4. The van der Waals surface area contributed by atoms with Crippen molar-refractivity contribution < 1.29 is 42.2 Å². The Morgan fingerprint density at radius 1 is 0.556 bits per heavy atom. The summed E-state index contributed by atoms with van der Waals surface area (Å²) in [5, 5.41) is 4.05. The molecule has 0 aromatic heterocycles. The molecule has 8 heterocycles. The van der Waals surface area contributed by atoms with Crippen molar-refractivity contribution in [2.75, 3.05) is 77.4 Å². The summed E-state index contributed by atoms with van der Waals surface area (Å²) in [5.74, 6) is 0. The summed E-state index contributed by atoms with van der Waals surface area (Å²) < 4.78 is 49.4. The number of nitrogens with one attached hydrogen (secondary N) is 1. The minimum atomic E-state index is -0.476. The van der Waals surface area contributed by atoms with Gasteiger partial charge < -0.3 is 52.5 Å². The molecule has 3 aromatic carbocycles. The van der Waals surface area contributed by atoms with Gasteiger partial charge in [-0.3, -0.25) is 0 Å². The van der Waals surface area contributed by atoms with Gasteiger partial charge in [-0.05, 0) is 172 Å².